The zero-order valence-electron chi connectivity index (χ0n) is 15.6. The van der Waals surface area contributed by atoms with Crippen LogP contribution >= 0.6 is 0 Å². The highest BCUT2D eigenvalue weighted by molar-refractivity contribution is 7.89. The summed E-state index contributed by atoms with van der Waals surface area (Å²) >= 11 is 0. The van der Waals surface area contributed by atoms with Crippen molar-refractivity contribution in [2.75, 3.05) is 6.54 Å². The van der Waals surface area contributed by atoms with Gasteiger partial charge in [0.05, 0.1) is 11.1 Å². The maximum Gasteiger partial charge on any atom is 0.240 e. The summed E-state index contributed by atoms with van der Waals surface area (Å²) in [6.07, 6.45) is 15.3. The lowest BCUT2D eigenvalue weighted by atomic mass is 9.99. The Bertz CT molecular complexity index is 605. The molecule has 0 bridgehead atoms. The molecule has 0 unspecified atom stereocenters. The number of benzene rings is 1. The van der Waals surface area contributed by atoms with E-state index in [4.69, 9.17) is 4.84 Å². The van der Waals surface area contributed by atoms with Gasteiger partial charge in [-0.05, 0) is 37.8 Å². The average Bonchev–Trinajstić information content (AvgIpc) is 2.64. The third-order valence-electron chi connectivity index (χ3n) is 4.75. The molecule has 0 radical (unpaired) electrons. The van der Waals surface area contributed by atoms with Gasteiger partial charge in [0.2, 0.25) is 10.0 Å². The van der Waals surface area contributed by atoms with E-state index in [0.29, 0.717) is 0 Å². The molecule has 1 aliphatic rings. The lowest BCUT2D eigenvalue weighted by Crippen LogP contribution is -2.25. The molecule has 146 valence electrons. The van der Waals surface area contributed by atoms with E-state index in [-0.39, 0.29) is 17.5 Å². The van der Waals surface area contributed by atoms with Gasteiger partial charge in [-0.3, -0.25) is 0 Å². The van der Waals surface area contributed by atoms with Gasteiger partial charge in [-0.1, -0.05) is 68.3 Å². The van der Waals surface area contributed by atoms with E-state index in [2.05, 4.69) is 9.88 Å². The summed E-state index contributed by atoms with van der Waals surface area (Å²) in [5.74, 6) is 0. The first-order valence-electron chi connectivity index (χ1n) is 9.91. The number of hydrogen-bond acceptors (Lipinski definition) is 4. The standard InChI is InChI=1S/C20H32N2O3S/c23-26(24,20-15-11-8-12-16-20)22-18-17-21-25-19-13-9-6-4-2-1-3-5-7-10-14-19/h8,11-12,15-17,19,22H,1-7,9-10,13-14,18H2/b21-17+. The predicted octanol–water partition coefficient (Wildman–Crippen LogP) is 4.64. The normalized spacial score (nSPS) is 18.9. The minimum atomic E-state index is -3.49. The van der Waals surface area contributed by atoms with E-state index in [0.717, 1.165) is 12.8 Å². The summed E-state index contributed by atoms with van der Waals surface area (Å²) in [7, 11) is -3.49. The molecule has 1 aromatic rings. The zero-order valence-corrected chi connectivity index (χ0v) is 16.4. The van der Waals surface area contributed by atoms with Gasteiger partial charge in [-0.25, -0.2) is 13.1 Å². The molecule has 2 rings (SSSR count). The van der Waals surface area contributed by atoms with Crippen molar-refractivity contribution in [2.45, 2.75) is 81.6 Å². The fourth-order valence-corrected chi connectivity index (χ4v) is 4.20. The Balaban J connectivity index is 1.72. The monoisotopic (exact) mass is 380 g/mol. The summed E-state index contributed by atoms with van der Waals surface area (Å²) in [5.41, 5.74) is 0. The van der Waals surface area contributed by atoms with Crippen LogP contribution in [0.5, 0.6) is 0 Å². The molecule has 0 heterocycles. The van der Waals surface area contributed by atoms with E-state index in [1.807, 2.05) is 0 Å². The van der Waals surface area contributed by atoms with Crippen LogP contribution in [0.3, 0.4) is 0 Å². The van der Waals surface area contributed by atoms with E-state index in [1.54, 1.807) is 30.3 Å². The molecule has 0 aliphatic heterocycles. The van der Waals surface area contributed by atoms with Crippen LogP contribution in [0.15, 0.2) is 40.4 Å². The van der Waals surface area contributed by atoms with Crippen molar-refractivity contribution >= 4 is 16.2 Å². The van der Waals surface area contributed by atoms with Gasteiger partial charge < -0.3 is 4.84 Å². The molecule has 0 saturated heterocycles. The van der Waals surface area contributed by atoms with Gasteiger partial charge in [0.15, 0.2) is 0 Å². The first-order valence-corrected chi connectivity index (χ1v) is 11.4. The van der Waals surface area contributed by atoms with Crippen LogP contribution < -0.4 is 4.72 Å². The number of nitrogens with one attached hydrogen (secondary N) is 1. The third-order valence-corrected chi connectivity index (χ3v) is 6.19. The second-order valence-electron chi connectivity index (χ2n) is 6.94. The van der Waals surface area contributed by atoms with Crippen LogP contribution in [0.4, 0.5) is 0 Å². The molecule has 1 aliphatic carbocycles. The Morgan fingerprint density at radius 2 is 1.46 bits per heavy atom. The second kappa shape index (κ2) is 12.1. The minimum absolute atomic E-state index is 0.129. The summed E-state index contributed by atoms with van der Waals surface area (Å²) in [5, 5.41) is 4.01. The first kappa shape index (κ1) is 20.9. The van der Waals surface area contributed by atoms with E-state index >= 15 is 0 Å². The Morgan fingerprint density at radius 1 is 0.923 bits per heavy atom. The maximum atomic E-state index is 12.1. The highest BCUT2D eigenvalue weighted by Crippen LogP contribution is 2.18. The second-order valence-corrected chi connectivity index (χ2v) is 8.71. The fourth-order valence-electron chi connectivity index (χ4n) is 3.23. The van der Waals surface area contributed by atoms with Gasteiger partial charge in [0.1, 0.15) is 6.10 Å². The Labute approximate surface area is 158 Å². The average molecular weight is 381 g/mol. The highest BCUT2D eigenvalue weighted by Gasteiger charge is 2.12. The largest absolute Gasteiger partial charge is 0.393 e. The van der Waals surface area contributed by atoms with E-state index in [1.165, 1.54) is 64.0 Å². The van der Waals surface area contributed by atoms with Crippen LogP contribution in [0.2, 0.25) is 0 Å². The van der Waals surface area contributed by atoms with E-state index in [9.17, 15) is 8.42 Å². The van der Waals surface area contributed by atoms with Crippen molar-refractivity contribution < 1.29 is 13.3 Å². The topological polar surface area (TPSA) is 67.8 Å². The van der Waals surface area contributed by atoms with Gasteiger partial charge in [-0.2, -0.15) is 0 Å². The van der Waals surface area contributed by atoms with Gasteiger partial charge in [0.25, 0.3) is 0 Å². The maximum absolute atomic E-state index is 12.1. The summed E-state index contributed by atoms with van der Waals surface area (Å²) < 4.78 is 26.7. The van der Waals surface area contributed by atoms with Crippen molar-refractivity contribution in [1.29, 1.82) is 0 Å². The number of sulfonamides is 1. The van der Waals surface area contributed by atoms with Crippen molar-refractivity contribution in [2.24, 2.45) is 5.16 Å². The Kier molecular flexibility index (Phi) is 9.71. The van der Waals surface area contributed by atoms with Gasteiger partial charge >= 0.3 is 0 Å². The number of oxime groups is 1. The molecule has 6 heteroatoms. The molecule has 5 nitrogen and oxygen atoms in total. The van der Waals surface area contributed by atoms with E-state index < -0.39 is 10.0 Å². The molecule has 0 aromatic heterocycles. The minimum Gasteiger partial charge on any atom is -0.393 e. The fraction of sp³-hybridized carbons (Fsp3) is 0.650. The van der Waals surface area contributed by atoms with Crippen LogP contribution in [-0.4, -0.2) is 27.3 Å². The molecule has 0 amide bonds. The molecule has 1 aromatic carbocycles. The van der Waals surface area contributed by atoms with Crippen LogP contribution in [0.1, 0.15) is 70.6 Å². The molecular formula is C20H32N2O3S. The number of nitrogens with zero attached hydrogens (tertiary/aromatic N) is 1. The highest BCUT2D eigenvalue weighted by atomic mass is 32.2. The van der Waals surface area contributed by atoms with Gasteiger partial charge in [-0.15, -0.1) is 0 Å². The molecule has 1 fully saturated rings. The lowest BCUT2D eigenvalue weighted by molar-refractivity contribution is 0.0436. The van der Waals surface area contributed by atoms with Crippen LogP contribution in [0, 0.1) is 0 Å². The number of rotatable bonds is 6. The Hall–Kier alpha value is -1.40. The van der Waals surface area contributed by atoms with Crippen molar-refractivity contribution in [1.82, 2.24) is 4.72 Å². The van der Waals surface area contributed by atoms with Crippen LogP contribution in [-0.2, 0) is 14.9 Å². The summed E-state index contributed by atoms with van der Waals surface area (Å²) in [6, 6.07) is 8.34. The SMILES string of the molecule is O=S(=O)(NC/C=N/OC1CCCCCCCCCCC1)c1ccccc1. The van der Waals surface area contributed by atoms with Crippen molar-refractivity contribution in [3.63, 3.8) is 0 Å². The van der Waals surface area contributed by atoms with Crippen molar-refractivity contribution in [3.05, 3.63) is 30.3 Å². The first-order chi connectivity index (χ1) is 12.7. The number of hydrogen-bond donors (Lipinski definition) is 1. The molecule has 1 saturated carbocycles. The third kappa shape index (κ3) is 8.32. The lowest BCUT2D eigenvalue weighted by Gasteiger charge is -2.16. The quantitative estimate of drug-likeness (QED) is 0.577. The zero-order chi connectivity index (χ0) is 18.5. The van der Waals surface area contributed by atoms with Crippen LogP contribution in [0.25, 0.3) is 0 Å². The van der Waals surface area contributed by atoms with Crippen molar-refractivity contribution in [3.8, 4) is 0 Å². The summed E-state index contributed by atoms with van der Waals surface area (Å²) in [4.78, 5) is 5.90. The Morgan fingerprint density at radius 3 is 2.04 bits per heavy atom. The van der Waals surface area contributed by atoms with Gasteiger partial charge in [0, 0.05) is 6.54 Å². The molecule has 26 heavy (non-hydrogen) atoms. The predicted molar refractivity (Wildman–Crippen MR) is 106 cm³/mol. The molecular weight excluding hydrogens is 348 g/mol. The smallest absolute Gasteiger partial charge is 0.240 e. The summed E-state index contributed by atoms with van der Waals surface area (Å²) in [6.45, 7) is 0.129. The molecule has 0 spiro atoms. The molecule has 0 atom stereocenters. The molecule has 1 N–H and O–H groups in total.